The van der Waals surface area contributed by atoms with E-state index in [9.17, 15) is 14.4 Å². The highest BCUT2D eigenvalue weighted by Gasteiger charge is 2.40. The number of anilines is 2. The standard InChI is InChI=1S/C24H26N2O7/c1-14-21(24(29)33-5)17(13-20(27)26(14)16-9-7-6-8-10-16)23(28)25-15-11-18(30-2)22(32-4)19(12-15)31-3/h6-12,17H,13H2,1-5H3,(H,25,28)/t17-/m1/s1. The van der Waals surface area contributed by atoms with Crippen LogP contribution in [0.3, 0.4) is 0 Å². The lowest BCUT2D eigenvalue weighted by atomic mass is 9.88. The van der Waals surface area contributed by atoms with Gasteiger partial charge in [-0.15, -0.1) is 0 Å². The molecule has 0 fully saturated rings. The van der Waals surface area contributed by atoms with Crippen molar-refractivity contribution in [2.45, 2.75) is 13.3 Å². The van der Waals surface area contributed by atoms with E-state index in [1.54, 1.807) is 43.3 Å². The predicted molar refractivity (Wildman–Crippen MR) is 121 cm³/mol. The van der Waals surface area contributed by atoms with E-state index in [0.717, 1.165) is 0 Å². The zero-order valence-corrected chi connectivity index (χ0v) is 19.1. The van der Waals surface area contributed by atoms with Crippen LogP contribution in [-0.2, 0) is 19.1 Å². The smallest absolute Gasteiger partial charge is 0.336 e. The van der Waals surface area contributed by atoms with Gasteiger partial charge in [-0.3, -0.25) is 14.5 Å². The van der Waals surface area contributed by atoms with Crippen molar-refractivity contribution >= 4 is 29.2 Å². The van der Waals surface area contributed by atoms with Crippen LogP contribution in [0.25, 0.3) is 0 Å². The second-order valence-electron chi connectivity index (χ2n) is 7.22. The summed E-state index contributed by atoms with van der Waals surface area (Å²) in [5.41, 5.74) is 1.42. The molecule has 2 aromatic rings. The Morgan fingerprint density at radius 1 is 0.970 bits per heavy atom. The number of rotatable bonds is 7. The summed E-state index contributed by atoms with van der Waals surface area (Å²) >= 11 is 0. The molecule has 0 spiro atoms. The van der Waals surface area contributed by atoms with Crippen molar-refractivity contribution in [1.29, 1.82) is 0 Å². The number of ether oxygens (including phenoxy) is 4. The highest BCUT2D eigenvalue weighted by atomic mass is 16.5. The highest BCUT2D eigenvalue weighted by Crippen LogP contribution is 2.40. The van der Waals surface area contributed by atoms with E-state index in [1.807, 2.05) is 6.07 Å². The van der Waals surface area contributed by atoms with Crippen molar-refractivity contribution in [1.82, 2.24) is 0 Å². The topological polar surface area (TPSA) is 103 Å². The van der Waals surface area contributed by atoms with E-state index in [2.05, 4.69) is 5.32 Å². The molecule has 0 bridgehead atoms. The number of nitrogens with one attached hydrogen (secondary N) is 1. The fourth-order valence-corrected chi connectivity index (χ4v) is 3.85. The fourth-order valence-electron chi connectivity index (χ4n) is 3.85. The number of carbonyl (C=O) groups is 3. The normalized spacial score (nSPS) is 15.7. The van der Waals surface area contributed by atoms with E-state index in [1.165, 1.54) is 33.3 Å². The maximum atomic E-state index is 13.2. The maximum absolute atomic E-state index is 13.2. The predicted octanol–water partition coefficient (Wildman–Crippen LogP) is 3.15. The van der Waals surface area contributed by atoms with Crippen molar-refractivity contribution in [3.63, 3.8) is 0 Å². The van der Waals surface area contributed by atoms with Gasteiger partial charge in [-0.1, -0.05) is 18.2 Å². The number of para-hydroxylation sites is 1. The second kappa shape index (κ2) is 10.1. The lowest BCUT2D eigenvalue weighted by molar-refractivity contribution is -0.138. The number of nitrogens with zero attached hydrogens (tertiary/aromatic N) is 1. The largest absolute Gasteiger partial charge is 0.493 e. The van der Waals surface area contributed by atoms with Crippen LogP contribution in [0.15, 0.2) is 53.7 Å². The van der Waals surface area contributed by atoms with Crippen molar-refractivity contribution in [3.8, 4) is 17.2 Å². The number of esters is 1. The van der Waals surface area contributed by atoms with Crippen molar-refractivity contribution in [2.75, 3.05) is 38.7 Å². The van der Waals surface area contributed by atoms with Gasteiger partial charge in [-0.25, -0.2) is 4.79 Å². The number of carbonyl (C=O) groups excluding carboxylic acids is 3. The van der Waals surface area contributed by atoms with Gasteiger partial charge in [0.1, 0.15) is 0 Å². The van der Waals surface area contributed by atoms with Gasteiger partial charge >= 0.3 is 5.97 Å². The van der Waals surface area contributed by atoms with Crippen LogP contribution in [0.1, 0.15) is 13.3 Å². The van der Waals surface area contributed by atoms with Crippen LogP contribution in [-0.4, -0.2) is 46.2 Å². The second-order valence-corrected chi connectivity index (χ2v) is 7.22. The molecule has 0 saturated heterocycles. The van der Waals surface area contributed by atoms with Gasteiger partial charge in [0.15, 0.2) is 11.5 Å². The molecule has 1 heterocycles. The Hall–Kier alpha value is -4.01. The molecule has 0 aliphatic carbocycles. The van der Waals surface area contributed by atoms with E-state index in [0.29, 0.717) is 34.3 Å². The van der Waals surface area contributed by atoms with Gasteiger partial charge in [0.05, 0.1) is 39.9 Å². The molecule has 174 valence electrons. The summed E-state index contributed by atoms with van der Waals surface area (Å²) in [4.78, 5) is 40.4. The lowest BCUT2D eigenvalue weighted by Gasteiger charge is -2.33. The van der Waals surface area contributed by atoms with Crippen molar-refractivity contribution < 1.29 is 33.3 Å². The van der Waals surface area contributed by atoms with Gasteiger partial charge in [-0.2, -0.15) is 0 Å². The molecule has 0 unspecified atom stereocenters. The molecule has 0 saturated carbocycles. The van der Waals surface area contributed by atoms with Crippen LogP contribution in [0.5, 0.6) is 17.2 Å². The summed E-state index contributed by atoms with van der Waals surface area (Å²) in [6.07, 6.45) is -0.201. The van der Waals surface area contributed by atoms with Crippen LogP contribution in [0, 0.1) is 5.92 Å². The quantitative estimate of drug-likeness (QED) is 0.641. The number of hydrogen-bond donors (Lipinski definition) is 1. The molecule has 9 nitrogen and oxygen atoms in total. The molecule has 1 aliphatic rings. The average molecular weight is 454 g/mol. The first kappa shape index (κ1) is 23.6. The molecule has 2 aromatic carbocycles. The Labute approximate surface area is 191 Å². The Bertz CT molecular complexity index is 1070. The Balaban J connectivity index is 2.00. The van der Waals surface area contributed by atoms with Gasteiger partial charge < -0.3 is 24.3 Å². The SMILES string of the molecule is COC(=O)C1=C(C)N(c2ccccc2)C(=O)C[C@H]1C(=O)Nc1cc(OC)c(OC)c(OC)c1. The third-order valence-corrected chi connectivity index (χ3v) is 5.37. The molecule has 1 atom stereocenters. The third kappa shape index (κ3) is 4.62. The zero-order chi connectivity index (χ0) is 24.1. The van der Waals surface area contributed by atoms with Crippen LogP contribution in [0.4, 0.5) is 11.4 Å². The number of hydrogen-bond acceptors (Lipinski definition) is 7. The highest BCUT2D eigenvalue weighted by molar-refractivity contribution is 6.10. The first-order valence-corrected chi connectivity index (χ1v) is 10.1. The lowest BCUT2D eigenvalue weighted by Crippen LogP contribution is -2.43. The average Bonchev–Trinajstić information content (AvgIpc) is 2.83. The number of benzene rings is 2. The van der Waals surface area contributed by atoms with Gasteiger partial charge in [0, 0.05) is 35.6 Å². The number of methoxy groups -OCH3 is 4. The van der Waals surface area contributed by atoms with Gasteiger partial charge in [-0.05, 0) is 19.1 Å². The number of amides is 2. The molecule has 0 aromatic heterocycles. The third-order valence-electron chi connectivity index (χ3n) is 5.37. The van der Waals surface area contributed by atoms with E-state index in [-0.39, 0.29) is 17.9 Å². The molecule has 3 rings (SSSR count). The molecular weight excluding hydrogens is 428 g/mol. The molecular formula is C24H26N2O7. The summed E-state index contributed by atoms with van der Waals surface area (Å²) in [6, 6.07) is 12.0. The van der Waals surface area contributed by atoms with Gasteiger partial charge in [0.2, 0.25) is 17.6 Å². The summed E-state index contributed by atoms with van der Waals surface area (Å²) in [5.74, 6) is -1.49. The summed E-state index contributed by atoms with van der Waals surface area (Å²) in [5, 5.41) is 2.75. The fraction of sp³-hybridized carbons (Fsp3) is 0.292. The summed E-state index contributed by atoms with van der Waals surface area (Å²) in [6.45, 7) is 1.62. The van der Waals surface area contributed by atoms with Gasteiger partial charge in [0.25, 0.3) is 0 Å². The van der Waals surface area contributed by atoms with Crippen LogP contribution < -0.4 is 24.4 Å². The minimum atomic E-state index is -1.04. The Morgan fingerprint density at radius 3 is 2.09 bits per heavy atom. The Morgan fingerprint density at radius 2 is 1.58 bits per heavy atom. The monoisotopic (exact) mass is 454 g/mol. The molecule has 0 radical (unpaired) electrons. The van der Waals surface area contributed by atoms with Crippen molar-refractivity contribution in [3.05, 3.63) is 53.7 Å². The minimum Gasteiger partial charge on any atom is -0.493 e. The number of allylic oxidation sites excluding steroid dienone is 1. The molecule has 2 amide bonds. The maximum Gasteiger partial charge on any atom is 0.336 e. The molecule has 9 heteroatoms. The van der Waals surface area contributed by atoms with Crippen LogP contribution in [0.2, 0.25) is 0 Å². The zero-order valence-electron chi connectivity index (χ0n) is 19.1. The first-order valence-electron chi connectivity index (χ1n) is 10.1. The molecule has 1 N–H and O–H groups in total. The van der Waals surface area contributed by atoms with Crippen molar-refractivity contribution in [2.24, 2.45) is 5.92 Å². The minimum absolute atomic E-state index is 0.117. The van der Waals surface area contributed by atoms with E-state index < -0.39 is 17.8 Å². The summed E-state index contributed by atoms with van der Waals surface area (Å²) < 4.78 is 20.9. The molecule has 33 heavy (non-hydrogen) atoms. The van der Waals surface area contributed by atoms with E-state index in [4.69, 9.17) is 18.9 Å². The van der Waals surface area contributed by atoms with Crippen LogP contribution >= 0.6 is 0 Å². The molecule has 1 aliphatic heterocycles. The van der Waals surface area contributed by atoms with E-state index >= 15 is 0 Å². The Kier molecular flexibility index (Phi) is 7.22. The first-order chi connectivity index (χ1) is 15.9. The summed E-state index contributed by atoms with van der Waals surface area (Å²) in [7, 11) is 5.63.